The number of aliphatic hydroxyl groups is 1. The number of benzene rings is 1. The van der Waals surface area contributed by atoms with E-state index in [1.807, 2.05) is 25.1 Å². The molecule has 3 heteroatoms. The van der Waals surface area contributed by atoms with Crippen LogP contribution in [0.1, 0.15) is 37.7 Å². The lowest BCUT2D eigenvalue weighted by Gasteiger charge is -2.32. The zero-order valence-electron chi connectivity index (χ0n) is 10.3. The van der Waals surface area contributed by atoms with E-state index < -0.39 is 5.60 Å². The molecule has 1 aliphatic carbocycles. The number of anilines is 1. The van der Waals surface area contributed by atoms with Crippen LogP contribution < -0.4 is 5.32 Å². The summed E-state index contributed by atoms with van der Waals surface area (Å²) in [6.45, 7) is 2.61. The van der Waals surface area contributed by atoms with Crippen molar-refractivity contribution >= 4 is 17.3 Å². The second kappa shape index (κ2) is 5.28. The molecule has 94 valence electrons. The van der Waals surface area contributed by atoms with Crippen LogP contribution in [0.25, 0.3) is 0 Å². The van der Waals surface area contributed by atoms with Crippen molar-refractivity contribution < 1.29 is 5.11 Å². The van der Waals surface area contributed by atoms with Gasteiger partial charge in [0.2, 0.25) is 0 Å². The van der Waals surface area contributed by atoms with E-state index in [1.54, 1.807) is 0 Å². The summed E-state index contributed by atoms with van der Waals surface area (Å²) in [4.78, 5) is 0. The van der Waals surface area contributed by atoms with Crippen molar-refractivity contribution in [2.24, 2.45) is 0 Å². The fourth-order valence-electron chi connectivity index (χ4n) is 2.41. The molecule has 1 aromatic carbocycles. The summed E-state index contributed by atoms with van der Waals surface area (Å²) in [6.07, 6.45) is 5.28. The molecular formula is C14H20ClNO. The van der Waals surface area contributed by atoms with Crippen molar-refractivity contribution in [1.29, 1.82) is 0 Å². The summed E-state index contributed by atoms with van der Waals surface area (Å²) in [5.74, 6) is 0. The largest absolute Gasteiger partial charge is 0.388 e. The molecule has 0 unspecified atom stereocenters. The Morgan fingerprint density at radius 1 is 1.29 bits per heavy atom. The highest BCUT2D eigenvalue weighted by Gasteiger charge is 2.28. The van der Waals surface area contributed by atoms with Gasteiger partial charge in [0.05, 0.1) is 16.3 Å². The fraction of sp³-hybridized carbons (Fsp3) is 0.571. The third-order valence-electron chi connectivity index (χ3n) is 3.52. The van der Waals surface area contributed by atoms with Gasteiger partial charge in [-0.25, -0.2) is 0 Å². The van der Waals surface area contributed by atoms with Crippen molar-refractivity contribution in [3.63, 3.8) is 0 Å². The molecule has 2 N–H and O–H groups in total. The number of aryl methyl sites for hydroxylation is 1. The number of halogens is 1. The first-order valence-electron chi connectivity index (χ1n) is 6.31. The Balaban J connectivity index is 1.97. The van der Waals surface area contributed by atoms with Crippen LogP contribution in [0, 0.1) is 6.92 Å². The van der Waals surface area contributed by atoms with Gasteiger partial charge in [0, 0.05) is 6.54 Å². The van der Waals surface area contributed by atoms with Crippen LogP contribution in [0.4, 0.5) is 5.69 Å². The number of rotatable bonds is 3. The number of hydrogen-bond acceptors (Lipinski definition) is 2. The van der Waals surface area contributed by atoms with Crippen molar-refractivity contribution in [2.75, 3.05) is 11.9 Å². The second-order valence-electron chi connectivity index (χ2n) is 5.12. The quantitative estimate of drug-likeness (QED) is 0.860. The van der Waals surface area contributed by atoms with E-state index in [9.17, 15) is 5.11 Å². The third-order valence-corrected chi connectivity index (χ3v) is 3.83. The lowest BCUT2D eigenvalue weighted by atomic mass is 9.85. The molecule has 0 aliphatic heterocycles. The number of nitrogens with one attached hydrogen (secondary N) is 1. The molecule has 1 saturated carbocycles. The Hall–Kier alpha value is -0.730. The van der Waals surface area contributed by atoms with Crippen molar-refractivity contribution in [3.8, 4) is 0 Å². The van der Waals surface area contributed by atoms with Crippen LogP contribution in [0.5, 0.6) is 0 Å². The molecule has 0 amide bonds. The second-order valence-corrected chi connectivity index (χ2v) is 5.53. The Morgan fingerprint density at radius 2 is 2.00 bits per heavy atom. The van der Waals surface area contributed by atoms with Gasteiger partial charge >= 0.3 is 0 Å². The van der Waals surface area contributed by atoms with Gasteiger partial charge in [-0.2, -0.15) is 0 Å². The Kier molecular flexibility index (Phi) is 3.95. The van der Waals surface area contributed by atoms with E-state index in [4.69, 9.17) is 11.6 Å². The molecule has 1 fully saturated rings. The normalized spacial score (nSPS) is 19.0. The lowest BCUT2D eigenvalue weighted by Crippen LogP contribution is -2.38. The molecule has 1 aliphatic rings. The maximum absolute atomic E-state index is 10.4. The zero-order chi connectivity index (χ0) is 12.3. The third kappa shape index (κ3) is 3.36. The molecule has 0 atom stereocenters. The Bertz CT molecular complexity index is 386. The van der Waals surface area contributed by atoms with Gasteiger partial charge in [0.1, 0.15) is 0 Å². The van der Waals surface area contributed by atoms with Crippen LogP contribution >= 0.6 is 11.6 Å². The Morgan fingerprint density at radius 3 is 2.65 bits per heavy atom. The predicted molar refractivity (Wildman–Crippen MR) is 72.7 cm³/mol. The van der Waals surface area contributed by atoms with Gasteiger partial charge in [-0.15, -0.1) is 0 Å². The van der Waals surface area contributed by atoms with Gasteiger partial charge in [0.25, 0.3) is 0 Å². The average Bonchev–Trinajstić information content (AvgIpc) is 2.29. The highest BCUT2D eigenvalue weighted by atomic mass is 35.5. The first kappa shape index (κ1) is 12.7. The monoisotopic (exact) mass is 253 g/mol. The molecule has 0 aromatic heterocycles. The molecule has 0 spiro atoms. The van der Waals surface area contributed by atoms with E-state index in [0.29, 0.717) is 6.54 Å². The SMILES string of the molecule is Cc1ccc(NCC2(O)CCCCC2)c(Cl)c1. The number of hydrogen-bond donors (Lipinski definition) is 2. The van der Waals surface area contributed by atoms with Gasteiger partial charge in [-0.05, 0) is 37.5 Å². The van der Waals surface area contributed by atoms with Crippen molar-refractivity contribution in [2.45, 2.75) is 44.6 Å². The van der Waals surface area contributed by atoms with E-state index in [1.165, 1.54) is 6.42 Å². The first-order chi connectivity index (χ1) is 8.09. The van der Waals surface area contributed by atoms with Gasteiger partial charge in [-0.3, -0.25) is 0 Å². The lowest BCUT2D eigenvalue weighted by molar-refractivity contribution is 0.0167. The van der Waals surface area contributed by atoms with Crippen molar-refractivity contribution in [1.82, 2.24) is 0 Å². The standard InChI is InChI=1S/C14H20ClNO/c1-11-5-6-13(12(15)9-11)16-10-14(17)7-3-2-4-8-14/h5-6,9,16-17H,2-4,7-8,10H2,1H3. The fourth-order valence-corrected chi connectivity index (χ4v) is 2.71. The smallest absolute Gasteiger partial charge is 0.0819 e. The van der Waals surface area contributed by atoms with Gasteiger partial charge < -0.3 is 10.4 Å². The van der Waals surface area contributed by atoms with E-state index in [2.05, 4.69) is 5.32 Å². The molecule has 0 bridgehead atoms. The summed E-state index contributed by atoms with van der Waals surface area (Å²) >= 11 is 6.15. The van der Waals surface area contributed by atoms with Crippen LogP contribution in [0.3, 0.4) is 0 Å². The molecule has 1 aromatic rings. The van der Waals surface area contributed by atoms with Crippen LogP contribution in [0.15, 0.2) is 18.2 Å². The minimum atomic E-state index is -0.549. The zero-order valence-corrected chi connectivity index (χ0v) is 11.1. The minimum Gasteiger partial charge on any atom is -0.388 e. The molecule has 2 rings (SSSR count). The van der Waals surface area contributed by atoms with Gasteiger partial charge in [-0.1, -0.05) is 36.9 Å². The molecular weight excluding hydrogens is 234 g/mol. The molecule has 17 heavy (non-hydrogen) atoms. The molecule has 0 saturated heterocycles. The van der Waals surface area contributed by atoms with Crippen molar-refractivity contribution in [3.05, 3.63) is 28.8 Å². The summed E-state index contributed by atoms with van der Waals surface area (Å²) in [5, 5.41) is 14.4. The first-order valence-corrected chi connectivity index (χ1v) is 6.69. The average molecular weight is 254 g/mol. The van der Waals surface area contributed by atoms with E-state index >= 15 is 0 Å². The summed E-state index contributed by atoms with van der Waals surface area (Å²) in [5.41, 5.74) is 1.51. The molecule has 0 radical (unpaired) electrons. The highest BCUT2D eigenvalue weighted by Crippen LogP contribution is 2.29. The van der Waals surface area contributed by atoms with E-state index in [0.717, 1.165) is 42.0 Å². The Labute approximate surface area is 108 Å². The maximum Gasteiger partial charge on any atom is 0.0819 e. The highest BCUT2D eigenvalue weighted by molar-refractivity contribution is 6.33. The summed E-state index contributed by atoms with van der Waals surface area (Å²) in [6, 6.07) is 5.94. The summed E-state index contributed by atoms with van der Waals surface area (Å²) in [7, 11) is 0. The van der Waals surface area contributed by atoms with Crippen LogP contribution in [0.2, 0.25) is 5.02 Å². The van der Waals surface area contributed by atoms with E-state index in [-0.39, 0.29) is 0 Å². The van der Waals surface area contributed by atoms with Crippen LogP contribution in [-0.2, 0) is 0 Å². The minimum absolute atomic E-state index is 0.549. The maximum atomic E-state index is 10.4. The predicted octanol–water partition coefficient (Wildman–Crippen LogP) is 3.76. The topological polar surface area (TPSA) is 32.3 Å². The van der Waals surface area contributed by atoms with Gasteiger partial charge in [0.15, 0.2) is 0 Å². The van der Waals surface area contributed by atoms with Crippen LogP contribution in [-0.4, -0.2) is 17.3 Å². The molecule has 2 nitrogen and oxygen atoms in total. The molecule has 0 heterocycles. The summed E-state index contributed by atoms with van der Waals surface area (Å²) < 4.78 is 0.